The zero-order chi connectivity index (χ0) is 14.5. The quantitative estimate of drug-likeness (QED) is 0.793. The summed E-state index contributed by atoms with van der Waals surface area (Å²) in [5.41, 5.74) is 5.85. The fourth-order valence-corrected chi connectivity index (χ4v) is 4.46. The summed E-state index contributed by atoms with van der Waals surface area (Å²) >= 11 is 13.9. The minimum atomic E-state index is 0.649. The Hall–Kier alpha value is 0.0700. The van der Waals surface area contributed by atoms with E-state index >= 15 is 0 Å². The van der Waals surface area contributed by atoms with Crippen molar-refractivity contribution in [3.63, 3.8) is 0 Å². The molecule has 1 aromatic rings. The molecule has 20 heavy (non-hydrogen) atoms. The fourth-order valence-electron chi connectivity index (χ4n) is 2.93. The van der Waals surface area contributed by atoms with Gasteiger partial charge in [0.05, 0.1) is 5.02 Å². The average Bonchev–Trinajstić information content (AvgIpc) is 2.91. The summed E-state index contributed by atoms with van der Waals surface area (Å²) < 4.78 is 0. The number of nitrogens with zero attached hydrogens (tertiary/aromatic N) is 1. The number of nitrogens with two attached hydrogens (primary N) is 1. The highest BCUT2D eigenvalue weighted by Gasteiger charge is 2.28. The van der Waals surface area contributed by atoms with Gasteiger partial charge in [0.2, 0.25) is 0 Å². The monoisotopic (exact) mass is 332 g/mol. The summed E-state index contributed by atoms with van der Waals surface area (Å²) in [7, 11) is 2.21. The molecule has 1 aliphatic rings. The van der Waals surface area contributed by atoms with E-state index in [-0.39, 0.29) is 0 Å². The lowest BCUT2D eigenvalue weighted by Crippen LogP contribution is -2.38. The maximum absolute atomic E-state index is 6.17. The second-order valence-electron chi connectivity index (χ2n) is 5.40. The van der Waals surface area contributed by atoms with Crippen molar-refractivity contribution in [2.45, 2.75) is 30.2 Å². The first-order chi connectivity index (χ1) is 9.61. The van der Waals surface area contributed by atoms with Crippen molar-refractivity contribution >= 4 is 35.0 Å². The highest BCUT2D eigenvalue weighted by atomic mass is 35.5. The van der Waals surface area contributed by atoms with Crippen molar-refractivity contribution in [3.8, 4) is 0 Å². The molecule has 112 valence electrons. The van der Waals surface area contributed by atoms with Crippen LogP contribution in [-0.4, -0.2) is 36.8 Å². The van der Waals surface area contributed by atoms with Crippen molar-refractivity contribution in [3.05, 3.63) is 28.2 Å². The van der Waals surface area contributed by atoms with Crippen LogP contribution in [-0.2, 0) is 0 Å². The van der Waals surface area contributed by atoms with Crippen molar-refractivity contribution in [2.75, 3.05) is 25.9 Å². The molecular formula is C15H22Cl2N2S. The van der Waals surface area contributed by atoms with Crippen LogP contribution in [0, 0.1) is 5.92 Å². The molecule has 2 rings (SSSR count). The predicted molar refractivity (Wildman–Crippen MR) is 90.0 cm³/mol. The molecule has 0 saturated heterocycles. The maximum Gasteiger partial charge on any atom is 0.0542 e. The molecule has 0 amide bonds. The molecule has 5 heteroatoms. The number of benzene rings is 1. The van der Waals surface area contributed by atoms with Crippen molar-refractivity contribution in [2.24, 2.45) is 11.7 Å². The lowest BCUT2D eigenvalue weighted by atomic mass is 10.0. The van der Waals surface area contributed by atoms with Gasteiger partial charge < -0.3 is 10.6 Å². The Kier molecular flexibility index (Phi) is 6.50. The predicted octanol–water partition coefficient (Wildman–Crippen LogP) is 4.14. The van der Waals surface area contributed by atoms with Gasteiger partial charge in [0, 0.05) is 28.3 Å². The summed E-state index contributed by atoms with van der Waals surface area (Å²) in [6, 6.07) is 6.27. The van der Waals surface area contributed by atoms with Gasteiger partial charge in [-0.05, 0) is 50.6 Å². The van der Waals surface area contributed by atoms with E-state index in [2.05, 4.69) is 11.9 Å². The third kappa shape index (κ3) is 4.28. The molecule has 1 saturated carbocycles. The smallest absolute Gasteiger partial charge is 0.0542 e. The minimum absolute atomic E-state index is 0.649. The Balaban J connectivity index is 1.82. The van der Waals surface area contributed by atoms with Gasteiger partial charge in [0.15, 0.2) is 0 Å². The second kappa shape index (κ2) is 7.90. The summed E-state index contributed by atoms with van der Waals surface area (Å²) in [5.74, 6) is 1.68. The number of hydrogen-bond donors (Lipinski definition) is 1. The van der Waals surface area contributed by atoms with Gasteiger partial charge in [0.25, 0.3) is 0 Å². The second-order valence-corrected chi connectivity index (χ2v) is 7.38. The normalized spacial score (nSPS) is 22.6. The van der Waals surface area contributed by atoms with Crippen LogP contribution in [0.25, 0.3) is 0 Å². The lowest BCUT2D eigenvalue weighted by molar-refractivity contribution is 0.211. The van der Waals surface area contributed by atoms with Gasteiger partial charge in [-0.2, -0.15) is 0 Å². The third-order valence-electron chi connectivity index (χ3n) is 4.08. The van der Waals surface area contributed by atoms with Crippen molar-refractivity contribution in [1.29, 1.82) is 0 Å². The fraction of sp³-hybridized carbons (Fsp3) is 0.600. The van der Waals surface area contributed by atoms with E-state index in [1.54, 1.807) is 11.8 Å². The average molecular weight is 333 g/mol. The first-order valence-electron chi connectivity index (χ1n) is 7.10. The largest absolute Gasteiger partial charge is 0.330 e. The standard InChI is InChI=1S/C15H22Cl2N2S/c1-19(14-4-2-3-11(14)10-18)7-8-20-15-9-12(16)5-6-13(15)17/h5-6,9,11,14H,2-4,7-8,10,18H2,1H3. The lowest BCUT2D eigenvalue weighted by Gasteiger charge is -2.28. The van der Waals surface area contributed by atoms with Gasteiger partial charge in [-0.25, -0.2) is 0 Å². The Morgan fingerprint density at radius 3 is 2.90 bits per heavy atom. The third-order valence-corrected chi connectivity index (χ3v) is 5.79. The van der Waals surface area contributed by atoms with Crippen LogP contribution in [0.5, 0.6) is 0 Å². The highest BCUT2D eigenvalue weighted by molar-refractivity contribution is 7.99. The molecule has 0 radical (unpaired) electrons. The molecule has 1 fully saturated rings. The van der Waals surface area contributed by atoms with Crippen LogP contribution >= 0.6 is 35.0 Å². The molecule has 0 aromatic heterocycles. The van der Waals surface area contributed by atoms with E-state index in [0.717, 1.165) is 33.8 Å². The Morgan fingerprint density at radius 1 is 1.35 bits per heavy atom. The van der Waals surface area contributed by atoms with E-state index in [0.29, 0.717) is 12.0 Å². The molecule has 1 aliphatic carbocycles. The SMILES string of the molecule is CN(CCSc1cc(Cl)ccc1Cl)C1CCCC1CN. The molecule has 1 aromatic carbocycles. The molecule has 2 N–H and O–H groups in total. The molecular weight excluding hydrogens is 311 g/mol. The van der Waals surface area contributed by atoms with E-state index in [1.165, 1.54) is 19.3 Å². The molecule has 0 spiro atoms. The van der Waals surface area contributed by atoms with Gasteiger partial charge in [-0.15, -0.1) is 11.8 Å². The van der Waals surface area contributed by atoms with E-state index in [9.17, 15) is 0 Å². The summed E-state index contributed by atoms with van der Waals surface area (Å²) in [5, 5.41) is 1.52. The van der Waals surface area contributed by atoms with Crippen LogP contribution in [0.2, 0.25) is 10.0 Å². The van der Waals surface area contributed by atoms with Crippen LogP contribution in [0.15, 0.2) is 23.1 Å². The summed E-state index contributed by atoms with van der Waals surface area (Å²) in [6.45, 7) is 1.86. The summed E-state index contributed by atoms with van der Waals surface area (Å²) in [6.07, 6.45) is 3.86. The summed E-state index contributed by atoms with van der Waals surface area (Å²) in [4.78, 5) is 3.52. The number of rotatable bonds is 6. The van der Waals surface area contributed by atoms with Crippen LogP contribution in [0.3, 0.4) is 0 Å². The molecule has 0 bridgehead atoms. The van der Waals surface area contributed by atoms with E-state index in [1.807, 2.05) is 18.2 Å². The number of thioether (sulfide) groups is 1. The van der Waals surface area contributed by atoms with Gasteiger partial charge in [-0.1, -0.05) is 29.6 Å². The Morgan fingerprint density at radius 2 is 2.15 bits per heavy atom. The highest BCUT2D eigenvalue weighted by Crippen LogP contribution is 2.31. The van der Waals surface area contributed by atoms with Gasteiger partial charge >= 0.3 is 0 Å². The van der Waals surface area contributed by atoms with Crippen LogP contribution < -0.4 is 5.73 Å². The molecule has 2 nitrogen and oxygen atoms in total. The molecule has 0 heterocycles. The van der Waals surface area contributed by atoms with E-state index in [4.69, 9.17) is 28.9 Å². The van der Waals surface area contributed by atoms with Crippen LogP contribution in [0.4, 0.5) is 0 Å². The first kappa shape index (κ1) is 16.4. The van der Waals surface area contributed by atoms with Gasteiger partial charge in [-0.3, -0.25) is 0 Å². The van der Waals surface area contributed by atoms with Crippen molar-refractivity contribution < 1.29 is 0 Å². The zero-order valence-corrected chi connectivity index (χ0v) is 14.1. The minimum Gasteiger partial charge on any atom is -0.330 e. The molecule has 2 atom stereocenters. The number of hydrogen-bond acceptors (Lipinski definition) is 3. The number of halogens is 2. The van der Waals surface area contributed by atoms with Gasteiger partial charge in [0.1, 0.15) is 0 Å². The maximum atomic E-state index is 6.17. The molecule has 0 aliphatic heterocycles. The zero-order valence-electron chi connectivity index (χ0n) is 11.8. The van der Waals surface area contributed by atoms with Crippen LogP contribution in [0.1, 0.15) is 19.3 Å². The van der Waals surface area contributed by atoms with E-state index < -0.39 is 0 Å². The molecule has 2 unspecified atom stereocenters. The van der Waals surface area contributed by atoms with Crippen molar-refractivity contribution in [1.82, 2.24) is 4.90 Å². The Labute approximate surface area is 136 Å². The Bertz CT molecular complexity index is 442. The first-order valence-corrected chi connectivity index (χ1v) is 8.84. The topological polar surface area (TPSA) is 29.3 Å².